The Morgan fingerprint density at radius 1 is 1.40 bits per heavy atom. The molecule has 0 radical (unpaired) electrons. The van der Waals surface area contributed by atoms with Crippen molar-refractivity contribution in [2.75, 3.05) is 0 Å². The van der Waals surface area contributed by atoms with E-state index in [1.54, 1.807) is 6.20 Å². The average Bonchev–Trinajstić information content (AvgIpc) is 2.61. The van der Waals surface area contributed by atoms with E-state index in [0.717, 1.165) is 12.8 Å². The van der Waals surface area contributed by atoms with E-state index in [1.165, 1.54) is 11.1 Å². The van der Waals surface area contributed by atoms with Gasteiger partial charge in [0, 0.05) is 18.4 Å². The molecule has 0 bridgehead atoms. The van der Waals surface area contributed by atoms with Crippen molar-refractivity contribution < 1.29 is 5.06 Å². The fourth-order valence-corrected chi connectivity index (χ4v) is 2.49. The Kier molecular flexibility index (Phi) is 2.63. The summed E-state index contributed by atoms with van der Waals surface area (Å²) in [7, 11) is 0. The highest BCUT2D eigenvalue weighted by atomic mass is 16.5. The number of rotatable bonds is 2. The van der Waals surface area contributed by atoms with Crippen LogP contribution in [0.25, 0.3) is 0 Å². The van der Waals surface area contributed by atoms with Gasteiger partial charge in [0.2, 0.25) is 0 Å². The summed E-state index contributed by atoms with van der Waals surface area (Å²) in [5.74, 6) is 0. The minimum atomic E-state index is -0.272. The molecule has 2 rings (SSSR count). The van der Waals surface area contributed by atoms with E-state index in [-0.39, 0.29) is 10.6 Å². The Labute approximate surface area is 90.8 Å². The van der Waals surface area contributed by atoms with Gasteiger partial charge < -0.3 is 10.3 Å². The van der Waals surface area contributed by atoms with Gasteiger partial charge in [-0.15, -0.1) is 0 Å². The maximum absolute atomic E-state index is 12.0. The summed E-state index contributed by atoms with van der Waals surface area (Å²) < 4.78 is 0. The molecule has 0 fully saturated rings. The van der Waals surface area contributed by atoms with Gasteiger partial charge in [0.05, 0.1) is 6.20 Å². The zero-order chi connectivity index (χ0) is 10.9. The summed E-state index contributed by atoms with van der Waals surface area (Å²) in [6, 6.07) is 8.21. The molecule has 2 unspecified atom stereocenters. The van der Waals surface area contributed by atoms with Crippen LogP contribution in [0.1, 0.15) is 30.9 Å². The van der Waals surface area contributed by atoms with E-state index >= 15 is 0 Å². The fourth-order valence-electron chi connectivity index (χ4n) is 2.49. The van der Waals surface area contributed by atoms with Crippen molar-refractivity contribution in [2.45, 2.75) is 32.2 Å². The number of hydrogen-bond acceptors (Lipinski definition) is 1. The molecule has 1 aliphatic heterocycles. The Morgan fingerprint density at radius 3 is 2.67 bits per heavy atom. The van der Waals surface area contributed by atoms with E-state index in [0.29, 0.717) is 0 Å². The third kappa shape index (κ3) is 1.50. The summed E-state index contributed by atoms with van der Waals surface area (Å²) >= 11 is 0. The number of aryl methyl sites for hydroxylation is 1. The summed E-state index contributed by atoms with van der Waals surface area (Å²) in [4.78, 5) is 0. The third-order valence-electron chi connectivity index (χ3n) is 3.47. The second kappa shape index (κ2) is 3.80. The second-order valence-corrected chi connectivity index (χ2v) is 4.22. The van der Waals surface area contributed by atoms with Crippen molar-refractivity contribution in [1.82, 2.24) is 0 Å². The minimum Gasteiger partial charge on any atom is -0.629 e. The first-order valence-corrected chi connectivity index (χ1v) is 5.48. The summed E-state index contributed by atoms with van der Waals surface area (Å²) in [6.45, 7) is 4.18. The Morgan fingerprint density at radius 2 is 2.13 bits per heavy atom. The van der Waals surface area contributed by atoms with Gasteiger partial charge in [-0.2, -0.15) is 0 Å². The molecule has 2 heteroatoms. The van der Waals surface area contributed by atoms with Gasteiger partial charge in [0.15, 0.2) is 0 Å². The summed E-state index contributed by atoms with van der Waals surface area (Å²) in [6.07, 6.45) is 5.46. The highest BCUT2D eigenvalue weighted by Crippen LogP contribution is 2.30. The SMILES string of the molecule is CCC1(c2ccccc2C)CC=C[NH+]1[O-]. The summed E-state index contributed by atoms with van der Waals surface area (Å²) in [5.41, 5.74) is 2.14. The van der Waals surface area contributed by atoms with Crippen molar-refractivity contribution in [3.63, 3.8) is 0 Å². The van der Waals surface area contributed by atoms with Gasteiger partial charge in [-0.3, -0.25) is 0 Å². The molecule has 2 atom stereocenters. The largest absolute Gasteiger partial charge is 0.629 e. The molecule has 15 heavy (non-hydrogen) atoms. The van der Waals surface area contributed by atoms with Crippen molar-refractivity contribution in [1.29, 1.82) is 0 Å². The van der Waals surface area contributed by atoms with Gasteiger partial charge in [0.1, 0.15) is 5.54 Å². The number of hydrogen-bond donors (Lipinski definition) is 1. The van der Waals surface area contributed by atoms with Crippen LogP contribution in [-0.2, 0) is 5.54 Å². The van der Waals surface area contributed by atoms with Gasteiger partial charge in [-0.1, -0.05) is 31.2 Å². The topological polar surface area (TPSA) is 27.5 Å². The van der Waals surface area contributed by atoms with Crippen molar-refractivity contribution in [3.8, 4) is 0 Å². The highest BCUT2D eigenvalue weighted by Gasteiger charge is 2.39. The first-order chi connectivity index (χ1) is 7.20. The zero-order valence-corrected chi connectivity index (χ0v) is 9.29. The third-order valence-corrected chi connectivity index (χ3v) is 3.47. The van der Waals surface area contributed by atoms with Crippen LogP contribution in [0.2, 0.25) is 0 Å². The lowest BCUT2D eigenvalue weighted by Crippen LogP contribution is -3.09. The smallest absolute Gasteiger partial charge is 0.131 e. The normalized spacial score (nSPS) is 29.7. The molecular formula is C13H17NO. The number of quaternary nitrogens is 1. The van der Waals surface area contributed by atoms with Crippen LogP contribution in [0.3, 0.4) is 0 Å². The van der Waals surface area contributed by atoms with Crippen LogP contribution in [0.5, 0.6) is 0 Å². The predicted octanol–water partition coefficient (Wildman–Crippen LogP) is 1.90. The maximum Gasteiger partial charge on any atom is 0.131 e. The predicted molar refractivity (Wildman–Crippen MR) is 61.2 cm³/mol. The molecule has 80 valence electrons. The zero-order valence-electron chi connectivity index (χ0n) is 9.29. The van der Waals surface area contributed by atoms with Gasteiger partial charge in [-0.25, -0.2) is 0 Å². The lowest BCUT2D eigenvalue weighted by atomic mass is 9.83. The number of nitrogens with one attached hydrogen (secondary N) is 1. The van der Waals surface area contributed by atoms with Crippen molar-refractivity contribution >= 4 is 0 Å². The molecule has 1 aromatic rings. The second-order valence-electron chi connectivity index (χ2n) is 4.22. The van der Waals surface area contributed by atoms with Gasteiger partial charge >= 0.3 is 0 Å². The molecule has 0 aromatic heterocycles. The lowest BCUT2D eigenvalue weighted by molar-refractivity contribution is -0.856. The van der Waals surface area contributed by atoms with E-state index in [4.69, 9.17) is 0 Å². The van der Waals surface area contributed by atoms with E-state index in [1.807, 2.05) is 18.2 Å². The van der Waals surface area contributed by atoms with E-state index in [2.05, 4.69) is 26.0 Å². The quantitative estimate of drug-likeness (QED) is 0.730. The van der Waals surface area contributed by atoms with E-state index in [9.17, 15) is 5.21 Å². The molecule has 1 aromatic carbocycles. The standard InChI is InChI=1S/C13H17NO/c1-3-13(9-6-10-14(13)15)12-8-5-4-7-11(12)2/h4-8,10,14H,3,9H2,1-2H3. The Balaban J connectivity index is 2.48. The molecule has 1 N–H and O–H groups in total. The molecule has 0 spiro atoms. The molecular weight excluding hydrogens is 186 g/mol. The fraction of sp³-hybridized carbons (Fsp3) is 0.385. The van der Waals surface area contributed by atoms with E-state index < -0.39 is 0 Å². The lowest BCUT2D eigenvalue weighted by Gasteiger charge is -2.37. The molecule has 1 heterocycles. The van der Waals surface area contributed by atoms with Gasteiger partial charge in [-0.05, 0) is 18.6 Å². The molecule has 0 saturated heterocycles. The van der Waals surface area contributed by atoms with Crippen molar-refractivity contribution in [3.05, 3.63) is 52.9 Å². The summed E-state index contributed by atoms with van der Waals surface area (Å²) in [5, 5.41) is 12.3. The maximum atomic E-state index is 12.0. The van der Waals surface area contributed by atoms with Crippen LogP contribution in [0.4, 0.5) is 0 Å². The molecule has 0 amide bonds. The Bertz CT molecular complexity index is 386. The molecule has 0 saturated carbocycles. The average molecular weight is 203 g/mol. The molecule has 1 aliphatic rings. The van der Waals surface area contributed by atoms with Crippen LogP contribution in [0, 0.1) is 12.1 Å². The molecule has 2 nitrogen and oxygen atoms in total. The van der Waals surface area contributed by atoms with Crippen LogP contribution < -0.4 is 5.06 Å². The number of hydroxylamine groups is 2. The highest BCUT2D eigenvalue weighted by molar-refractivity contribution is 5.32. The minimum absolute atomic E-state index is 0.263. The first-order valence-electron chi connectivity index (χ1n) is 5.48. The van der Waals surface area contributed by atoms with Crippen LogP contribution in [-0.4, -0.2) is 0 Å². The van der Waals surface area contributed by atoms with Crippen molar-refractivity contribution in [2.24, 2.45) is 0 Å². The monoisotopic (exact) mass is 203 g/mol. The first kappa shape index (κ1) is 10.4. The Hall–Kier alpha value is -1.12. The van der Waals surface area contributed by atoms with Crippen LogP contribution >= 0.6 is 0 Å². The van der Waals surface area contributed by atoms with Gasteiger partial charge in [0.25, 0.3) is 0 Å². The number of benzene rings is 1. The molecule has 0 aliphatic carbocycles. The van der Waals surface area contributed by atoms with Crippen LogP contribution in [0.15, 0.2) is 36.5 Å².